The van der Waals surface area contributed by atoms with E-state index in [0.717, 1.165) is 24.6 Å². The molecule has 1 fully saturated rings. The Morgan fingerprint density at radius 2 is 1.67 bits per heavy atom. The molecule has 0 aromatic carbocycles. The molecule has 45 heavy (non-hydrogen) atoms. The van der Waals surface area contributed by atoms with Crippen molar-refractivity contribution in [1.29, 1.82) is 0 Å². The second-order valence-electron chi connectivity index (χ2n) is 12.3. The molecule has 3 rings (SSSR count). The van der Waals surface area contributed by atoms with E-state index in [-0.39, 0.29) is 18.5 Å². The Morgan fingerprint density at radius 1 is 1.04 bits per heavy atom. The van der Waals surface area contributed by atoms with Gasteiger partial charge in [0.2, 0.25) is 11.9 Å². The molecule has 2 N–H and O–H groups in total. The third kappa shape index (κ3) is 10.7. The van der Waals surface area contributed by atoms with Crippen LogP contribution in [0.2, 0.25) is 25.7 Å². The molecule has 3 heterocycles. The van der Waals surface area contributed by atoms with E-state index in [9.17, 15) is 35.9 Å². The maximum absolute atomic E-state index is 13.8. The summed E-state index contributed by atoms with van der Waals surface area (Å²) in [5.74, 6) is -0.789. The lowest BCUT2D eigenvalue weighted by Crippen LogP contribution is -2.41. The molecule has 0 aliphatic carbocycles. The van der Waals surface area contributed by atoms with Gasteiger partial charge in [0.25, 0.3) is 5.56 Å². The molecule has 0 saturated carbocycles. The number of halogens is 6. The molecular weight excluding hydrogens is 628 g/mol. The van der Waals surface area contributed by atoms with Crippen molar-refractivity contribution < 1.29 is 40.7 Å². The number of piperidine rings is 1. The molecule has 0 spiro atoms. The molecule has 0 radical (unpaired) electrons. The molecule has 1 aliphatic rings. The van der Waals surface area contributed by atoms with Crippen molar-refractivity contribution in [2.24, 2.45) is 11.8 Å². The van der Waals surface area contributed by atoms with Crippen LogP contribution < -0.4 is 21.3 Å². The number of amides is 1. The first-order valence-corrected chi connectivity index (χ1v) is 18.1. The van der Waals surface area contributed by atoms with Crippen LogP contribution in [-0.2, 0) is 33.5 Å². The number of aromatic nitrogens is 4. The normalized spacial score (nSPS) is 16.4. The van der Waals surface area contributed by atoms with E-state index >= 15 is 0 Å². The molecule has 18 heteroatoms. The lowest BCUT2D eigenvalue weighted by atomic mass is 9.85. The topological polar surface area (TPSA) is 124 Å². The Hall–Kier alpha value is -3.25. The summed E-state index contributed by atoms with van der Waals surface area (Å²) in [6.07, 6.45) is -6.00. The minimum atomic E-state index is -4.96. The van der Waals surface area contributed by atoms with Gasteiger partial charge in [-0.15, -0.1) is 0 Å². The van der Waals surface area contributed by atoms with Crippen molar-refractivity contribution in [3.05, 3.63) is 40.1 Å². The number of anilines is 2. The fraction of sp³-hybridized carbons (Fsp3) is 0.667. The van der Waals surface area contributed by atoms with Crippen molar-refractivity contribution in [3.8, 4) is 0 Å². The summed E-state index contributed by atoms with van der Waals surface area (Å²) in [5, 5.41) is 6.41. The first-order chi connectivity index (χ1) is 20.9. The number of nitrogens with one attached hydrogen (secondary N) is 2. The molecule has 2 aromatic rings. The Kier molecular flexibility index (Phi) is 12.0. The highest BCUT2D eigenvalue weighted by Gasteiger charge is 2.39. The highest BCUT2D eigenvalue weighted by molar-refractivity contribution is 6.76. The Bertz CT molecular complexity index is 1330. The van der Waals surface area contributed by atoms with E-state index in [4.69, 9.17) is 9.57 Å². The van der Waals surface area contributed by atoms with Gasteiger partial charge < -0.3 is 15.0 Å². The summed E-state index contributed by atoms with van der Waals surface area (Å²) >= 11 is 0. The Balaban J connectivity index is 1.48. The largest absolute Gasteiger partial charge is 0.423 e. The van der Waals surface area contributed by atoms with Gasteiger partial charge in [0.1, 0.15) is 12.3 Å². The fourth-order valence-electron chi connectivity index (χ4n) is 4.58. The first kappa shape index (κ1) is 36.2. The number of carbonyl (C=O) groups is 1. The van der Waals surface area contributed by atoms with Gasteiger partial charge in [-0.1, -0.05) is 26.6 Å². The van der Waals surface area contributed by atoms with E-state index in [1.54, 1.807) is 11.8 Å². The Labute approximate surface area is 257 Å². The fourth-order valence-corrected chi connectivity index (χ4v) is 5.33. The maximum atomic E-state index is 13.8. The lowest BCUT2D eigenvalue weighted by molar-refractivity contribution is -0.139. The zero-order chi connectivity index (χ0) is 33.6. The van der Waals surface area contributed by atoms with Crippen molar-refractivity contribution in [2.45, 2.75) is 77.5 Å². The van der Waals surface area contributed by atoms with Crippen molar-refractivity contribution in [3.63, 3.8) is 0 Å². The number of rotatable bonds is 13. The molecule has 1 amide bonds. The number of hydroxylamine groups is 1. The standard InChI is InChI=1S/C27H39F6N7O4Si/c1-17(37-21-14-36-40(16-43-10-11-45(3,4)5)24(42)22(21)27(31,32)33)15-44-38-23(41)18(2)19-6-8-39(9-7-19)25-34-12-20(13-35-25)26(28,29)30/h12-14,17-19,37H,6-11,15-16H2,1-5H3,(H,38,41). The average molecular weight is 668 g/mol. The summed E-state index contributed by atoms with van der Waals surface area (Å²) in [6.45, 7) is 10.1. The predicted octanol–water partition coefficient (Wildman–Crippen LogP) is 4.78. The average Bonchev–Trinajstić information content (AvgIpc) is 2.94. The van der Waals surface area contributed by atoms with E-state index in [2.05, 4.69) is 45.5 Å². The van der Waals surface area contributed by atoms with Crippen LogP contribution in [0.4, 0.5) is 38.0 Å². The molecule has 11 nitrogen and oxygen atoms in total. The van der Waals surface area contributed by atoms with Gasteiger partial charge in [0.05, 0.1) is 24.1 Å². The van der Waals surface area contributed by atoms with Crippen molar-refractivity contribution in [2.75, 3.05) is 36.5 Å². The summed E-state index contributed by atoms with van der Waals surface area (Å²) in [4.78, 5) is 39.9. The second kappa shape index (κ2) is 14.9. The summed E-state index contributed by atoms with van der Waals surface area (Å²) in [6, 6.07) is 0.0275. The smallest absolute Gasteiger partial charge is 0.378 e. The van der Waals surface area contributed by atoms with Crippen LogP contribution in [0.3, 0.4) is 0 Å². The minimum Gasteiger partial charge on any atom is -0.378 e. The highest BCUT2D eigenvalue weighted by atomic mass is 28.3. The van der Waals surface area contributed by atoms with Crippen molar-refractivity contribution in [1.82, 2.24) is 25.2 Å². The second-order valence-corrected chi connectivity index (χ2v) is 17.9. The summed E-state index contributed by atoms with van der Waals surface area (Å²) < 4.78 is 85.8. The van der Waals surface area contributed by atoms with E-state index < -0.39 is 67.4 Å². The van der Waals surface area contributed by atoms with Gasteiger partial charge in [-0.05, 0) is 31.7 Å². The number of alkyl halides is 6. The first-order valence-electron chi connectivity index (χ1n) is 14.4. The molecule has 2 aromatic heterocycles. The van der Waals surface area contributed by atoms with Gasteiger partial charge in [-0.2, -0.15) is 31.4 Å². The third-order valence-electron chi connectivity index (χ3n) is 7.35. The van der Waals surface area contributed by atoms with E-state index in [1.807, 2.05) is 0 Å². The molecule has 2 unspecified atom stereocenters. The number of carbonyl (C=O) groups excluding carboxylic acids is 1. The maximum Gasteiger partial charge on any atom is 0.423 e. The number of ether oxygens (including phenoxy) is 1. The predicted molar refractivity (Wildman–Crippen MR) is 156 cm³/mol. The van der Waals surface area contributed by atoms with Gasteiger partial charge in [-0.25, -0.2) is 20.1 Å². The zero-order valence-electron chi connectivity index (χ0n) is 25.8. The van der Waals surface area contributed by atoms with Crippen molar-refractivity contribution >= 4 is 25.6 Å². The molecule has 0 bridgehead atoms. The molecule has 1 saturated heterocycles. The molecule has 2 atom stereocenters. The molecule has 1 aliphatic heterocycles. The monoisotopic (exact) mass is 667 g/mol. The number of hydrogen-bond donors (Lipinski definition) is 2. The molecular formula is C27H39F6N7O4Si. The van der Waals surface area contributed by atoms with Gasteiger partial charge >= 0.3 is 12.4 Å². The van der Waals surface area contributed by atoms with Gasteiger partial charge in [0.15, 0.2) is 0 Å². The zero-order valence-corrected chi connectivity index (χ0v) is 26.8. The van der Waals surface area contributed by atoms with Gasteiger partial charge in [0, 0.05) is 52.1 Å². The SMILES string of the molecule is CC(CONC(=O)C(C)C1CCN(c2ncc(C(F)(F)F)cn2)CC1)Nc1cnn(COCC[Si](C)(C)C)c(=O)c1C(F)(F)F. The van der Waals surface area contributed by atoms with E-state index in [1.165, 1.54) is 6.92 Å². The van der Waals surface area contributed by atoms with Gasteiger partial charge in [-0.3, -0.25) is 14.4 Å². The third-order valence-corrected chi connectivity index (χ3v) is 9.06. The minimum absolute atomic E-state index is 0.0544. The van der Waals surface area contributed by atoms with Crippen LogP contribution in [0.25, 0.3) is 0 Å². The lowest BCUT2D eigenvalue weighted by Gasteiger charge is -2.34. The molecule has 252 valence electrons. The van der Waals surface area contributed by atoms with Crippen LogP contribution in [0.1, 0.15) is 37.8 Å². The Morgan fingerprint density at radius 3 is 2.22 bits per heavy atom. The summed E-state index contributed by atoms with van der Waals surface area (Å²) in [7, 11) is -1.42. The van der Waals surface area contributed by atoms with Crippen LogP contribution in [-0.4, -0.2) is 66.1 Å². The van der Waals surface area contributed by atoms with Crippen LogP contribution in [0.5, 0.6) is 0 Å². The quantitative estimate of drug-likeness (QED) is 0.134. The number of nitrogens with zero attached hydrogens (tertiary/aromatic N) is 5. The highest BCUT2D eigenvalue weighted by Crippen LogP contribution is 2.32. The van der Waals surface area contributed by atoms with Crippen LogP contribution in [0, 0.1) is 11.8 Å². The number of hydrogen-bond acceptors (Lipinski definition) is 9. The van der Waals surface area contributed by atoms with Crippen LogP contribution >= 0.6 is 0 Å². The van der Waals surface area contributed by atoms with Crippen LogP contribution in [0.15, 0.2) is 23.4 Å². The van der Waals surface area contributed by atoms with E-state index in [0.29, 0.717) is 37.2 Å². The summed E-state index contributed by atoms with van der Waals surface area (Å²) in [5.41, 5.74) is -1.89.